The lowest BCUT2D eigenvalue weighted by molar-refractivity contribution is -0.129. The van der Waals surface area contributed by atoms with Gasteiger partial charge < -0.3 is 15.0 Å². The second-order valence-corrected chi connectivity index (χ2v) is 8.50. The third-order valence-electron chi connectivity index (χ3n) is 5.47. The molecule has 2 unspecified atom stereocenters. The van der Waals surface area contributed by atoms with Gasteiger partial charge in [0.1, 0.15) is 16.9 Å². The molecule has 1 fully saturated rings. The first-order chi connectivity index (χ1) is 13.9. The van der Waals surface area contributed by atoms with Gasteiger partial charge in [-0.3, -0.25) is 4.79 Å². The number of carbonyl (C=O) groups excluding carboxylic acids is 1. The van der Waals surface area contributed by atoms with Crippen molar-refractivity contribution in [2.75, 3.05) is 25.6 Å². The number of nitrogens with one attached hydrogen (secondary N) is 1. The predicted molar refractivity (Wildman–Crippen MR) is 115 cm³/mol. The molecule has 1 saturated heterocycles. The number of methoxy groups -OCH3 is 1. The lowest BCUT2D eigenvalue weighted by Crippen LogP contribution is -2.42. The van der Waals surface area contributed by atoms with Gasteiger partial charge in [0.15, 0.2) is 0 Å². The predicted octanol–water partition coefficient (Wildman–Crippen LogP) is 4.77. The van der Waals surface area contributed by atoms with E-state index in [1.807, 2.05) is 17.9 Å². The summed E-state index contributed by atoms with van der Waals surface area (Å²) >= 11 is 18.7. The van der Waals surface area contributed by atoms with Crippen molar-refractivity contribution in [3.05, 3.63) is 56.3 Å². The van der Waals surface area contributed by atoms with Gasteiger partial charge in [0, 0.05) is 19.4 Å². The van der Waals surface area contributed by atoms with Crippen LogP contribution < -0.4 is 5.32 Å². The molecule has 3 heterocycles. The molecular weight excluding hydrogens is 435 g/mol. The number of carbonyl (C=O) groups is 1. The smallest absolute Gasteiger partial charge is 0.254 e. The second kappa shape index (κ2) is 8.19. The molecule has 0 saturated carbocycles. The summed E-state index contributed by atoms with van der Waals surface area (Å²) in [5, 5.41) is 9.04. The summed E-state index contributed by atoms with van der Waals surface area (Å²) in [5.41, 5.74) is 2.16. The third-order valence-corrected chi connectivity index (χ3v) is 6.48. The molecule has 0 bridgehead atoms. The summed E-state index contributed by atoms with van der Waals surface area (Å²) in [6.07, 6.45) is 3.45. The van der Waals surface area contributed by atoms with Crippen LogP contribution in [0.1, 0.15) is 31.4 Å². The Morgan fingerprint density at radius 2 is 2.07 bits per heavy atom. The molecule has 1 N–H and O–H groups in total. The van der Waals surface area contributed by atoms with Crippen LogP contribution >= 0.6 is 34.8 Å². The fraction of sp³-hybridized carbons (Fsp3) is 0.400. The molecule has 1 amide bonds. The second-order valence-electron chi connectivity index (χ2n) is 7.28. The molecule has 0 aliphatic carbocycles. The Labute approximate surface area is 184 Å². The number of allylic oxidation sites excluding steroid dienone is 1. The highest BCUT2D eigenvalue weighted by atomic mass is 35.5. The number of nitrogens with zero attached hydrogens (tertiary/aromatic N) is 3. The zero-order chi connectivity index (χ0) is 20.7. The number of aromatic nitrogens is 2. The standard InChI is InChI=1S/C20H21Cl3N4O2/c1-11-17(20(28)26-7-3-4-13(26)10-29-2)18(12-5-6-14(21)15(22)8-12)27-19(25-11)16(23)9-24-27/h5-6,8-9,13,18,25H,3-4,7,10H2,1-2H3. The summed E-state index contributed by atoms with van der Waals surface area (Å²) in [7, 11) is 1.66. The Morgan fingerprint density at radius 1 is 1.28 bits per heavy atom. The largest absolute Gasteiger partial charge is 0.383 e. The van der Waals surface area contributed by atoms with E-state index in [-0.39, 0.29) is 11.9 Å². The summed E-state index contributed by atoms with van der Waals surface area (Å²) < 4.78 is 7.05. The highest BCUT2D eigenvalue weighted by molar-refractivity contribution is 6.42. The maximum atomic E-state index is 13.7. The van der Waals surface area contributed by atoms with Gasteiger partial charge in [-0.25, -0.2) is 4.68 Å². The van der Waals surface area contributed by atoms with E-state index in [1.165, 1.54) is 0 Å². The quantitative estimate of drug-likeness (QED) is 0.721. The molecule has 2 atom stereocenters. The molecule has 29 heavy (non-hydrogen) atoms. The van der Waals surface area contributed by atoms with Crippen LogP contribution in [-0.4, -0.2) is 46.9 Å². The molecule has 2 aliphatic heterocycles. The van der Waals surface area contributed by atoms with Crippen LogP contribution in [0.15, 0.2) is 35.7 Å². The van der Waals surface area contributed by atoms with Crippen LogP contribution in [0.25, 0.3) is 0 Å². The molecule has 4 rings (SSSR count). The number of halogens is 3. The van der Waals surface area contributed by atoms with Crippen LogP contribution in [0.5, 0.6) is 0 Å². The summed E-state index contributed by atoms with van der Waals surface area (Å²) in [4.78, 5) is 15.6. The Balaban J connectivity index is 1.81. The number of ether oxygens (including phenoxy) is 1. The summed E-state index contributed by atoms with van der Waals surface area (Å²) in [6, 6.07) is 4.96. The molecule has 6 nitrogen and oxygen atoms in total. The summed E-state index contributed by atoms with van der Waals surface area (Å²) in [5.74, 6) is 0.606. The zero-order valence-corrected chi connectivity index (χ0v) is 18.4. The Morgan fingerprint density at radius 3 is 2.79 bits per heavy atom. The fourth-order valence-corrected chi connectivity index (χ4v) is 4.60. The van der Waals surface area contributed by atoms with Crippen molar-refractivity contribution in [2.45, 2.75) is 31.8 Å². The fourth-order valence-electron chi connectivity index (χ4n) is 4.12. The molecule has 0 radical (unpaired) electrons. The van der Waals surface area contributed by atoms with Crippen molar-refractivity contribution in [2.24, 2.45) is 0 Å². The Hall–Kier alpha value is -1.73. The van der Waals surface area contributed by atoms with E-state index >= 15 is 0 Å². The molecular formula is C20H21Cl3N4O2. The third kappa shape index (κ3) is 3.63. The number of amides is 1. The minimum absolute atomic E-state index is 0.0390. The first kappa shape index (κ1) is 20.5. The van der Waals surface area contributed by atoms with Crippen LogP contribution in [-0.2, 0) is 9.53 Å². The first-order valence-corrected chi connectivity index (χ1v) is 10.5. The maximum absolute atomic E-state index is 13.7. The topological polar surface area (TPSA) is 59.4 Å². The molecule has 2 aromatic rings. The average Bonchev–Trinajstić information content (AvgIpc) is 3.30. The van der Waals surface area contributed by atoms with E-state index in [9.17, 15) is 4.79 Å². The van der Waals surface area contributed by atoms with Gasteiger partial charge >= 0.3 is 0 Å². The normalized spacial score (nSPS) is 21.3. The van der Waals surface area contributed by atoms with Crippen LogP contribution in [0, 0.1) is 0 Å². The lowest BCUT2D eigenvalue weighted by Gasteiger charge is -2.33. The van der Waals surface area contributed by atoms with Crippen molar-refractivity contribution in [1.82, 2.24) is 14.7 Å². The van der Waals surface area contributed by atoms with E-state index in [2.05, 4.69) is 10.4 Å². The van der Waals surface area contributed by atoms with Crippen molar-refractivity contribution < 1.29 is 9.53 Å². The maximum Gasteiger partial charge on any atom is 0.254 e. The molecule has 1 aromatic carbocycles. The van der Waals surface area contributed by atoms with Crippen molar-refractivity contribution >= 4 is 46.5 Å². The van der Waals surface area contributed by atoms with Crippen LogP contribution in [0.4, 0.5) is 5.82 Å². The van der Waals surface area contributed by atoms with Crippen molar-refractivity contribution in [1.29, 1.82) is 0 Å². The van der Waals surface area contributed by atoms with E-state index in [4.69, 9.17) is 39.5 Å². The van der Waals surface area contributed by atoms with Gasteiger partial charge in [-0.15, -0.1) is 0 Å². The zero-order valence-electron chi connectivity index (χ0n) is 16.1. The Bertz CT molecular complexity index is 988. The highest BCUT2D eigenvalue weighted by Gasteiger charge is 2.39. The monoisotopic (exact) mass is 454 g/mol. The van der Waals surface area contributed by atoms with Gasteiger partial charge in [-0.1, -0.05) is 40.9 Å². The number of hydrogen-bond acceptors (Lipinski definition) is 4. The van der Waals surface area contributed by atoms with Gasteiger partial charge in [-0.05, 0) is 37.5 Å². The number of likely N-dealkylation sites (tertiary alicyclic amines) is 1. The lowest BCUT2D eigenvalue weighted by atomic mass is 9.94. The van der Waals surface area contributed by atoms with Gasteiger partial charge in [0.2, 0.25) is 0 Å². The van der Waals surface area contributed by atoms with E-state index in [0.717, 1.165) is 24.1 Å². The molecule has 0 spiro atoms. The minimum Gasteiger partial charge on any atom is -0.383 e. The number of benzene rings is 1. The van der Waals surface area contributed by atoms with Gasteiger partial charge in [0.25, 0.3) is 5.91 Å². The molecule has 154 valence electrons. The number of rotatable bonds is 4. The first-order valence-electron chi connectivity index (χ1n) is 9.38. The number of anilines is 1. The number of hydrogen-bond donors (Lipinski definition) is 1. The molecule has 2 aliphatic rings. The van der Waals surface area contributed by atoms with Crippen LogP contribution in [0.3, 0.4) is 0 Å². The number of fused-ring (bicyclic) bond motifs is 1. The average molecular weight is 456 g/mol. The highest BCUT2D eigenvalue weighted by Crippen LogP contribution is 2.41. The van der Waals surface area contributed by atoms with E-state index in [1.54, 1.807) is 30.1 Å². The van der Waals surface area contributed by atoms with Gasteiger partial charge in [0.05, 0.1) is 34.5 Å². The van der Waals surface area contributed by atoms with Gasteiger partial charge in [-0.2, -0.15) is 5.10 Å². The molecule has 1 aromatic heterocycles. The van der Waals surface area contributed by atoms with Crippen molar-refractivity contribution in [3.63, 3.8) is 0 Å². The van der Waals surface area contributed by atoms with Crippen LogP contribution in [0.2, 0.25) is 15.1 Å². The van der Waals surface area contributed by atoms with E-state index < -0.39 is 6.04 Å². The molecule has 9 heteroatoms. The van der Waals surface area contributed by atoms with Crippen molar-refractivity contribution in [3.8, 4) is 0 Å². The summed E-state index contributed by atoms with van der Waals surface area (Å²) in [6.45, 7) is 3.10. The minimum atomic E-state index is -0.468. The van der Waals surface area contributed by atoms with E-state index in [0.29, 0.717) is 39.6 Å². The SMILES string of the molecule is COCC1CCCN1C(=O)C1=C(C)Nc2c(Cl)cnn2C1c1ccc(Cl)c(Cl)c1. The Kier molecular flexibility index (Phi) is 5.80.